The molecule has 0 bridgehead atoms. The summed E-state index contributed by atoms with van der Waals surface area (Å²) in [4.78, 5) is 39.5. The second kappa shape index (κ2) is 10.5. The fourth-order valence-corrected chi connectivity index (χ4v) is 9.00. The molecule has 8 heteroatoms. The summed E-state index contributed by atoms with van der Waals surface area (Å²) >= 11 is 0. The molecule has 0 unspecified atom stereocenters. The molecule has 1 aromatic carbocycles. The molecule has 0 spiro atoms. The zero-order valence-electron chi connectivity index (χ0n) is 25.4. The molecule has 4 aliphatic rings. The van der Waals surface area contributed by atoms with Crippen LogP contribution in [0.2, 0.25) is 0 Å². The Morgan fingerprint density at radius 1 is 1.12 bits per heavy atom. The van der Waals surface area contributed by atoms with E-state index in [0.717, 1.165) is 17.7 Å². The first-order chi connectivity index (χ1) is 19.9. The summed E-state index contributed by atoms with van der Waals surface area (Å²) < 4.78 is 23.0. The molecule has 8 nitrogen and oxygen atoms in total. The number of nitrogens with zero attached hydrogens (tertiary/aromatic N) is 1. The fraction of sp³-hybridized carbons (Fsp3) is 0.618. The summed E-state index contributed by atoms with van der Waals surface area (Å²) in [6.07, 6.45) is 5.04. The maximum absolute atomic E-state index is 13.1. The highest BCUT2D eigenvalue weighted by Crippen LogP contribution is 2.64. The lowest BCUT2D eigenvalue weighted by molar-refractivity contribution is -0.171. The van der Waals surface area contributed by atoms with Gasteiger partial charge in [0, 0.05) is 49.1 Å². The lowest BCUT2D eigenvalue weighted by Gasteiger charge is -2.50. The molecule has 6 rings (SSSR count). The van der Waals surface area contributed by atoms with Crippen molar-refractivity contribution in [2.45, 2.75) is 78.1 Å². The minimum Gasteiger partial charge on any atom is -0.463 e. The largest absolute Gasteiger partial charge is 0.463 e. The van der Waals surface area contributed by atoms with Gasteiger partial charge in [-0.2, -0.15) is 0 Å². The minimum atomic E-state index is -0.635. The van der Waals surface area contributed by atoms with Crippen LogP contribution in [0.3, 0.4) is 0 Å². The summed E-state index contributed by atoms with van der Waals surface area (Å²) in [6, 6.07) is 6.91. The van der Waals surface area contributed by atoms with Crippen LogP contribution in [0.4, 0.5) is 5.69 Å². The van der Waals surface area contributed by atoms with Crippen LogP contribution in [0.1, 0.15) is 64.9 Å². The van der Waals surface area contributed by atoms with Crippen molar-refractivity contribution in [1.82, 2.24) is 0 Å². The average molecular weight is 578 g/mol. The van der Waals surface area contributed by atoms with E-state index in [2.05, 4.69) is 27.4 Å². The number of carbonyl (C=O) groups is 2. The fourth-order valence-electron chi connectivity index (χ4n) is 9.00. The lowest BCUT2D eigenvalue weighted by Crippen LogP contribution is -2.43. The number of rotatable bonds is 7. The highest BCUT2D eigenvalue weighted by Gasteiger charge is 2.59. The van der Waals surface area contributed by atoms with Crippen LogP contribution in [0.25, 0.3) is 11.0 Å². The molecule has 7 atom stereocenters. The van der Waals surface area contributed by atoms with E-state index in [1.165, 1.54) is 31.7 Å². The van der Waals surface area contributed by atoms with Gasteiger partial charge < -0.3 is 23.5 Å². The third-order valence-corrected chi connectivity index (χ3v) is 10.9. The van der Waals surface area contributed by atoms with Gasteiger partial charge in [0.05, 0.1) is 12.8 Å². The first kappa shape index (κ1) is 29.0. The molecule has 2 aliphatic heterocycles. The molecular weight excluding hydrogens is 534 g/mol. The van der Waals surface area contributed by atoms with Crippen LogP contribution in [0, 0.1) is 34.5 Å². The Morgan fingerprint density at radius 3 is 2.67 bits per heavy atom. The standard InChI is InChI=1S/C34H43NO7/c1-19(24-10-11-27-33(2,3)12-7-13-34(24,27)4)31-23-17-30(38)42-32(23)41-26(31)18-39-28(36)14-20-15-29(37)40-25-16-21(35(5)6)8-9-22(20)25/h8-9,15-16,23-24,26-27,31-32H,1,7,10-14,17-18H2,2-6H3/t23-,24-,26-,27+,31+,32-,34-/m1/s1. The Labute approximate surface area is 247 Å². The summed E-state index contributed by atoms with van der Waals surface area (Å²) in [7, 11) is 3.81. The zero-order chi connectivity index (χ0) is 30.0. The topological polar surface area (TPSA) is 95.3 Å². The quantitative estimate of drug-likeness (QED) is 0.237. The molecular formula is C34H43NO7. The van der Waals surface area contributed by atoms with E-state index < -0.39 is 24.0 Å². The normalized spacial score (nSPS) is 33.2. The van der Waals surface area contributed by atoms with Crippen LogP contribution >= 0.6 is 0 Å². The smallest absolute Gasteiger partial charge is 0.336 e. The summed E-state index contributed by atoms with van der Waals surface area (Å²) in [6.45, 7) is 11.9. The Bertz CT molecular complexity index is 1470. The number of esters is 2. The van der Waals surface area contributed by atoms with Crippen molar-refractivity contribution in [1.29, 1.82) is 0 Å². The zero-order valence-corrected chi connectivity index (χ0v) is 25.4. The number of fused-ring (bicyclic) bond motifs is 3. The summed E-state index contributed by atoms with van der Waals surface area (Å²) in [5.74, 6) is -0.00783. The van der Waals surface area contributed by atoms with Crippen LogP contribution in [-0.4, -0.2) is 45.0 Å². The first-order valence-electron chi connectivity index (χ1n) is 15.3. The second-order valence-corrected chi connectivity index (χ2v) is 14.1. The van der Waals surface area contributed by atoms with Gasteiger partial charge in [-0.25, -0.2) is 4.79 Å². The van der Waals surface area contributed by atoms with Gasteiger partial charge in [-0.05, 0) is 66.0 Å². The van der Waals surface area contributed by atoms with Crippen LogP contribution in [0.15, 0.2) is 45.6 Å². The van der Waals surface area contributed by atoms with Crippen LogP contribution < -0.4 is 10.5 Å². The van der Waals surface area contributed by atoms with Gasteiger partial charge >= 0.3 is 17.6 Å². The van der Waals surface area contributed by atoms with E-state index in [0.29, 0.717) is 33.8 Å². The molecule has 0 N–H and O–H groups in total. The molecule has 2 saturated carbocycles. The van der Waals surface area contributed by atoms with E-state index >= 15 is 0 Å². The van der Waals surface area contributed by atoms with E-state index in [1.54, 1.807) is 6.07 Å². The van der Waals surface area contributed by atoms with E-state index in [-0.39, 0.29) is 42.7 Å². The Balaban J connectivity index is 1.19. The van der Waals surface area contributed by atoms with Gasteiger partial charge in [-0.15, -0.1) is 0 Å². The van der Waals surface area contributed by atoms with Gasteiger partial charge in [0.25, 0.3) is 0 Å². The van der Waals surface area contributed by atoms with Gasteiger partial charge in [0.2, 0.25) is 6.29 Å². The van der Waals surface area contributed by atoms with Crippen molar-refractivity contribution in [3.63, 3.8) is 0 Å². The molecule has 1 aromatic heterocycles. The maximum atomic E-state index is 13.1. The van der Waals surface area contributed by atoms with Crippen molar-refractivity contribution in [3.8, 4) is 0 Å². The molecule has 0 amide bonds. The van der Waals surface area contributed by atoms with Crippen LogP contribution in [-0.2, 0) is 30.2 Å². The first-order valence-corrected chi connectivity index (χ1v) is 15.3. The SMILES string of the molecule is C=C([C@H]1[C@H]2CC(=O)O[C@H]2O[C@@H]1COC(=O)Cc1cc(=O)oc2cc(N(C)C)ccc12)[C@H]1CC[C@H]2C(C)(C)CCC[C@]12C. The van der Waals surface area contributed by atoms with Crippen LogP contribution in [0.5, 0.6) is 0 Å². The molecule has 0 radical (unpaired) electrons. The minimum absolute atomic E-state index is 0.0373. The monoisotopic (exact) mass is 577 g/mol. The predicted octanol–water partition coefficient (Wildman–Crippen LogP) is 5.65. The molecule has 4 fully saturated rings. The molecule has 3 heterocycles. The Morgan fingerprint density at radius 2 is 1.90 bits per heavy atom. The average Bonchev–Trinajstić information content (AvgIpc) is 3.56. The molecule has 2 aromatic rings. The summed E-state index contributed by atoms with van der Waals surface area (Å²) in [5.41, 5.74) is 2.93. The third-order valence-electron chi connectivity index (χ3n) is 10.9. The number of hydrogen-bond acceptors (Lipinski definition) is 8. The highest BCUT2D eigenvalue weighted by atomic mass is 16.7. The molecule has 2 saturated heterocycles. The van der Waals surface area contributed by atoms with Crippen molar-refractivity contribution in [3.05, 3.63) is 52.4 Å². The number of anilines is 1. The lowest BCUT2D eigenvalue weighted by atomic mass is 9.54. The number of benzene rings is 1. The van der Waals surface area contributed by atoms with E-state index in [9.17, 15) is 14.4 Å². The van der Waals surface area contributed by atoms with Crippen molar-refractivity contribution >= 4 is 28.6 Å². The molecule has 42 heavy (non-hydrogen) atoms. The highest BCUT2D eigenvalue weighted by molar-refractivity contribution is 5.87. The molecule has 2 aliphatic carbocycles. The number of ether oxygens (including phenoxy) is 3. The Hall–Kier alpha value is -3.13. The molecule has 226 valence electrons. The van der Waals surface area contributed by atoms with E-state index in [1.807, 2.05) is 31.1 Å². The van der Waals surface area contributed by atoms with Gasteiger partial charge in [0.15, 0.2) is 0 Å². The second-order valence-electron chi connectivity index (χ2n) is 14.1. The summed E-state index contributed by atoms with van der Waals surface area (Å²) in [5, 5.41) is 0.696. The predicted molar refractivity (Wildman–Crippen MR) is 159 cm³/mol. The van der Waals surface area contributed by atoms with Crippen molar-refractivity contribution in [2.75, 3.05) is 25.6 Å². The third kappa shape index (κ3) is 4.95. The number of carbonyl (C=O) groups excluding carboxylic acids is 2. The maximum Gasteiger partial charge on any atom is 0.336 e. The Kier molecular flexibility index (Phi) is 7.27. The van der Waals surface area contributed by atoms with Gasteiger partial charge in [0.1, 0.15) is 18.3 Å². The number of hydrogen-bond donors (Lipinski definition) is 0. The van der Waals surface area contributed by atoms with Gasteiger partial charge in [-0.3, -0.25) is 9.59 Å². The van der Waals surface area contributed by atoms with E-state index in [4.69, 9.17) is 18.6 Å². The van der Waals surface area contributed by atoms with Crippen molar-refractivity contribution < 1.29 is 28.2 Å². The van der Waals surface area contributed by atoms with Gasteiger partial charge in [-0.1, -0.05) is 39.3 Å². The van der Waals surface area contributed by atoms with Crippen molar-refractivity contribution in [2.24, 2.45) is 34.5 Å².